The summed E-state index contributed by atoms with van der Waals surface area (Å²) in [6.45, 7) is 9.10. The number of amides is 1. The average Bonchev–Trinajstić information content (AvgIpc) is 3.08. The summed E-state index contributed by atoms with van der Waals surface area (Å²) in [6, 6.07) is 0. The van der Waals surface area contributed by atoms with Gasteiger partial charge in [-0.3, -0.25) is 9.69 Å². The summed E-state index contributed by atoms with van der Waals surface area (Å²) >= 11 is 6.13. The van der Waals surface area contributed by atoms with Crippen molar-refractivity contribution in [2.24, 2.45) is 0 Å². The lowest BCUT2D eigenvalue weighted by Crippen LogP contribution is -2.47. The van der Waals surface area contributed by atoms with E-state index in [0.29, 0.717) is 12.5 Å². The highest BCUT2D eigenvalue weighted by Gasteiger charge is 2.23. The van der Waals surface area contributed by atoms with Gasteiger partial charge in [-0.15, -0.1) is 0 Å². The minimum Gasteiger partial charge on any atom is -0.373 e. The SMILES string of the molecule is C[C@@H]1CN(CCNC(=O)c2nc(N3CCCC3)ncc2Cl)C[C@@H](C)O1. The molecule has 3 heterocycles. The summed E-state index contributed by atoms with van der Waals surface area (Å²) in [5.41, 5.74) is 0.252. The summed E-state index contributed by atoms with van der Waals surface area (Å²) in [6.07, 6.45) is 4.22. The quantitative estimate of drug-likeness (QED) is 0.851. The van der Waals surface area contributed by atoms with Crippen LogP contribution in [0.1, 0.15) is 37.2 Å². The molecular formula is C17H26ClN5O2. The fraction of sp³-hybridized carbons (Fsp3) is 0.706. The first-order chi connectivity index (χ1) is 12.0. The van der Waals surface area contributed by atoms with Gasteiger partial charge in [0.25, 0.3) is 5.91 Å². The number of anilines is 1. The molecule has 138 valence electrons. The zero-order valence-electron chi connectivity index (χ0n) is 14.9. The molecule has 2 aliphatic rings. The van der Waals surface area contributed by atoms with Crippen molar-refractivity contribution >= 4 is 23.5 Å². The Balaban J connectivity index is 1.55. The van der Waals surface area contributed by atoms with Gasteiger partial charge in [0.15, 0.2) is 5.69 Å². The van der Waals surface area contributed by atoms with E-state index >= 15 is 0 Å². The Labute approximate surface area is 153 Å². The van der Waals surface area contributed by atoms with Crippen molar-refractivity contribution in [3.8, 4) is 0 Å². The number of hydrogen-bond donors (Lipinski definition) is 1. The van der Waals surface area contributed by atoms with Crippen molar-refractivity contribution in [1.29, 1.82) is 0 Å². The van der Waals surface area contributed by atoms with Gasteiger partial charge in [0.1, 0.15) is 0 Å². The summed E-state index contributed by atoms with van der Waals surface area (Å²) < 4.78 is 5.72. The number of nitrogens with one attached hydrogen (secondary N) is 1. The maximum atomic E-state index is 12.5. The Morgan fingerprint density at radius 3 is 2.68 bits per heavy atom. The first kappa shape index (κ1) is 18.4. The lowest BCUT2D eigenvalue weighted by Gasteiger charge is -2.35. The molecular weight excluding hydrogens is 342 g/mol. The van der Waals surface area contributed by atoms with Gasteiger partial charge in [-0.1, -0.05) is 11.6 Å². The van der Waals surface area contributed by atoms with E-state index in [9.17, 15) is 4.79 Å². The number of nitrogens with zero attached hydrogens (tertiary/aromatic N) is 4. The zero-order valence-corrected chi connectivity index (χ0v) is 15.6. The van der Waals surface area contributed by atoms with Crippen LogP contribution in [0.4, 0.5) is 5.95 Å². The summed E-state index contributed by atoms with van der Waals surface area (Å²) in [5.74, 6) is 0.338. The third-order valence-corrected chi connectivity index (χ3v) is 4.82. The molecule has 8 heteroatoms. The second kappa shape index (κ2) is 8.29. The Morgan fingerprint density at radius 1 is 1.32 bits per heavy atom. The second-order valence-corrected chi connectivity index (χ2v) is 7.24. The normalized spacial score (nSPS) is 24.5. The molecule has 7 nitrogen and oxygen atoms in total. The fourth-order valence-corrected chi connectivity index (χ4v) is 3.64. The number of rotatable bonds is 5. The molecule has 0 radical (unpaired) electrons. The lowest BCUT2D eigenvalue weighted by molar-refractivity contribution is -0.0672. The van der Waals surface area contributed by atoms with Crippen molar-refractivity contribution in [3.63, 3.8) is 0 Å². The van der Waals surface area contributed by atoms with Crippen LogP contribution in [0.2, 0.25) is 5.02 Å². The molecule has 2 saturated heterocycles. The number of carbonyl (C=O) groups excluding carboxylic acids is 1. The molecule has 25 heavy (non-hydrogen) atoms. The first-order valence-electron chi connectivity index (χ1n) is 8.96. The Morgan fingerprint density at radius 2 is 2.00 bits per heavy atom. The number of hydrogen-bond acceptors (Lipinski definition) is 6. The van der Waals surface area contributed by atoms with Crippen LogP contribution in [0.5, 0.6) is 0 Å². The van der Waals surface area contributed by atoms with E-state index in [0.717, 1.165) is 45.6 Å². The molecule has 1 amide bonds. The highest BCUT2D eigenvalue weighted by Crippen LogP contribution is 2.19. The molecule has 0 aromatic carbocycles. The number of ether oxygens (including phenoxy) is 1. The number of morpholine rings is 1. The van der Waals surface area contributed by atoms with Crippen LogP contribution in [0, 0.1) is 0 Å². The lowest BCUT2D eigenvalue weighted by atomic mass is 10.2. The molecule has 3 rings (SSSR count). The molecule has 2 aliphatic heterocycles. The molecule has 1 N–H and O–H groups in total. The van der Waals surface area contributed by atoms with E-state index in [2.05, 4.69) is 38.9 Å². The summed E-state index contributed by atoms with van der Waals surface area (Å²) in [5, 5.41) is 3.21. The highest BCUT2D eigenvalue weighted by molar-refractivity contribution is 6.33. The highest BCUT2D eigenvalue weighted by atomic mass is 35.5. The van der Waals surface area contributed by atoms with Crippen LogP contribution in [0.25, 0.3) is 0 Å². The predicted octanol–water partition coefficient (Wildman–Crippen LogP) is 1.57. The third kappa shape index (κ3) is 4.80. The van der Waals surface area contributed by atoms with Crippen LogP contribution >= 0.6 is 11.6 Å². The van der Waals surface area contributed by atoms with Crippen molar-refractivity contribution in [1.82, 2.24) is 20.2 Å². The maximum Gasteiger partial charge on any atom is 0.271 e. The maximum absolute atomic E-state index is 12.5. The number of carbonyl (C=O) groups is 1. The van der Waals surface area contributed by atoms with Gasteiger partial charge in [-0.2, -0.15) is 0 Å². The van der Waals surface area contributed by atoms with Crippen LogP contribution in [0.3, 0.4) is 0 Å². The van der Waals surface area contributed by atoms with Gasteiger partial charge >= 0.3 is 0 Å². The van der Waals surface area contributed by atoms with E-state index in [1.807, 2.05) is 0 Å². The van der Waals surface area contributed by atoms with E-state index in [1.165, 1.54) is 6.20 Å². The molecule has 0 spiro atoms. The largest absolute Gasteiger partial charge is 0.373 e. The topological polar surface area (TPSA) is 70.6 Å². The van der Waals surface area contributed by atoms with E-state index < -0.39 is 0 Å². The van der Waals surface area contributed by atoms with Gasteiger partial charge in [-0.05, 0) is 26.7 Å². The van der Waals surface area contributed by atoms with Gasteiger partial charge < -0.3 is 15.0 Å². The molecule has 0 unspecified atom stereocenters. The Bertz CT molecular complexity index is 599. The molecule has 0 aliphatic carbocycles. The number of halogens is 1. The molecule has 1 aromatic rings. The monoisotopic (exact) mass is 367 g/mol. The molecule has 0 bridgehead atoms. The molecule has 2 atom stereocenters. The summed E-state index contributed by atoms with van der Waals surface area (Å²) in [4.78, 5) is 25.5. The fourth-order valence-electron chi connectivity index (χ4n) is 3.46. The van der Waals surface area contributed by atoms with Crippen LogP contribution in [-0.4, -0.2) is 72.3 Å². The molecule has 0 saturated carbocycles. The average molecular weight is 368 g/mol. The van der Waals surface area contributed by atoms with Crippen LogP contribution in [0.15, 0.2) is 6.20 Å². The minimum absolute atomic E-state index is 0.221. The smallest absolute Gasteiger partial charge is 0.271 e. The Kier molecular flexibility index (Phi) is 6.09. The number of aromatic nitrogens is 2. The van der Waals surface area contributed by atoms with Crippen molar-refractivity contribution in [3.05, 3.63) is 16.9 Å². The van der Waals surface area contributed by atoms with Crippen molar-refractivity contribution < 1.29 is 9.53 Å². The zero-order chi connectivity index (χ0) is 17.8. The van der Waals surface area contributed by atoms with Gasteiger partial charge in [0.05, 0.1) is 23.4 Å². The second-order valence-electron chi connectivity index (χ2n) is 6.83. The molecule has 2 fully saturated rings. The first-order valence-corrected chi connectivity index (χ1v) is 9.34. The minimum atomic E-state index is -0.248. The van der Waals surface area contributed by atoms with E-state index in [-0.39, 0.29) is 28.8 Å². The van der Waals surface area contributed by atoms with Crippen LogP contribution in [-0.2, 0) is 4.74 Å². The predicted molar refractivity (Wildman–Crippen MR) is 97.3 cm³/mol. The standard InChI is InChI=1S/C17H26ClN5O2/c1-12-10-22(11-13(2)25-12)8-5-19-16(24)15-14(18)9-20-17(21-15)23-6-3-4-7-23/h9,12-13H,3-8,10-11H2,1-2H3,(H,19,24)/t12-,13-/m1/s1. The van der Waals surface area contributed by atoms with E-state index in [4.69, 9.17) is 16.3 Å². The van der Waals surface area contributed by atoms with Crippen LogP contribution < -0.4 is 10.2 Å². The summed E-state index contributed by atoms with van der Waals surface area (Å²) in [7, 11) is 0. The van der Waals surface area contributed by atoms with E-state index in [1.54, 1.807) is 0 Å². The molecule has 1 aromatic heterocycles. The van der Waals surface area contributed by atoms with Crippen molar-refractivity contribution in [2.45, 2.75) is 38.9 Å². The Hall–Kier alpha value is -1.44. The van der Waals surface area contributed by atoms with Gasteiger partial charge in [0.2, 0.25) is 5.95 Å². The van der Waals surface area contributed by atoms with Gasteiger partial charge in [0, 0.05) is 39.3 Å². The van der Waals surface area contributed by atoms with Gasteiger partial charge in [-0.25, -0.2) is 9.97 Å². The van der Waals surface area contributed by atoms with Crippen molar-refractivity contribution in [2.75, 3.05) is 44.2 Å². The third-order valence-electron chi connectivity index (χ3n) is 4.54.